The third kappa shape index (κ3) is 4.36. The highest BCUT2D eigenvalue weighted by atomic mass is 16.5. The summed E-state index contributed by atoms with van der Waals surface area (Å²) in [6.45, 7) is 6.21. The largest absolute Gasteiger partial charge is 0.481 e. The first-order chi connectivity index (χ1) is 13.8. The van der Waals surface area contributed by atoms with E-state index in [-0.39, 0.29) is 35.5 Å². The van der Waals surface area contributed by atoms with Crippen molar-refractivity contribution in [1.29, 1.82) is 0 Å². The van der Waals surface area contributed by atoms with Crippen LogP contribution >= 0.6 is 0 Å². The van der Waals surface area contributed by atoms with Crippen LogP contribution in [-0.2, 0) is 9.59 Å². The van der Waals surface area contributed by atoms with E-state index in [2.05, 4.69) is 10.3 Å². The Kier molecular flexibility index (Phi) is 6.11. The molecule has 6 nitrogen and oxygen atoms in total. The Labute approximate surface area is 170 Å². The smallest absolute Gasteiger partial charge is 0.270 e. The Balaban J connectivity index is 1.64. The van der Waals surface area contributed by atoms with Crippen molar-refractivity contribution in [1.82, 2.24) is 10.3 Å². The number of carbonyl (C=O) groups is 3. The van der Waals surface area contributed by atoms with Crippen LogP contribution in [0.1, 0.15) is 51.5 Å². The van der Waals surface area contributed by atoms with Crippen LogP contribution in [0.2, 0.25) is 0 Å². The molecule has 0 radical (unpaired) electrons. The number of hydrogen-bond donors (Lipinski definition) is 1. The van der Waals surface area contributed by atoms with Gasteiger partial charge < -0.3 is 10.1 Å². The van der Waals surface area contributed by atoms with Crippen molar-refractivity contribution < 1.29 is 19.1 Å². The molecule has 0 aliphatic heterocycles. The minimum Gasteiger partial charge on any atom is -0.481 e. The van der Waals surface area contributed by atoms with Gasteiger partial charge in [0.15, 0.2) is 5.78 Å². The molecule has 1 N–H and O–H groups in total. The van der Waals surface area contributed by atoms with Crippen LogP contribution < -0.4 is 10.1 Å². The highest BCUT2D eigenvalue weighted by Crippen LogP contribution is 2.37. The van der Waals surface area contributed by atoms with Crippen LogP contribution in [0.3, 0.4) is 0 Å². The molecule has 1 amide bonds. The van der Waals surface area contributed by atoms with Crippen molar-refractivity contribution in [3.05, 3.63) is 58.3 Å². The van der Waals surface area contributed by atoms with Gasteiger partial charge in [0.1, 0.15) is 17.4 Å². The van der Waals surface area contributed by atoms with Gasteiger partial charge >= 0.3 is 0 Å². The molecule has 0 bridgehead atoms. The van der Waals surface area contributed by atoms with E-state index in [0.717, 1.165) is 22.3 Å². The van der Waals surface area contributed by atoms with Gasteiger partial charge in [0.2, 0.25) is 5.88 Å². The predicted octanol–water partition coefficient (Wildman–Crippen LogP) is 3.08. The maximum atomic E-state index is 13.0. The lowest BCUT2D eigenvalue weighted by Gasteiger charge is -2.16. The number of pyridine rings is 1. The number of nitrogens with zero attached hydrogens (tertiary/aromatic N) is 1. The summed E-state index contributed by atoms with van der Waals surface area (Å²) >= 11 is 0. The molecule has 2 aromatic rings. The molecular formula is C23H26N2O4. The van der Waals surface area contributed by atoms with Gasteiger partial charge in [-0.3, -0.25) is 14.4 Å². The number of Topliss-reactive ketones (excluding diaryl/α,β-unsaturated/α-hetero) is 2. The molecule has 29 heavy (non-hydrogen) atoms. The summed E-state index contributed by atoms with van der Waals surface area (Å²) in [4.78, 5) is 42.0. The number of aryl methyl sites for hydroxylation is 3. The van der Waals surface area contributed by atoms with Gasteiger partial charge in [0, 0.05) is 24.9 Å². The molecular weight excluding hydrogens is 368 g/mol. The summed E-state index contributed by atoms with van der Waals surface area (Å²) < 4.78 is 5.02. The fraction of sp³-hybridized carbons (Fsp3) is 0.391. The highest BCUT2D eigenvalue weighted by Gasteiger charge is 2.42. The van der Waals surface area contributed by atoms with Crippen molar-refractivity contribution in [3.63, 3.8) is 0 Å². The van der Waals surface area contributed by atoms with Crippen LogP contribution in [-0.4, -0.2) is 36.1 Å². The third-order valence-corrected chi connectivity index (χ3v) is 5.43. The number of amides is 1. The number of aromatic nitrogens is 1. The molecule has 6 heteroatoms. The van der Waals surface area contributed by atoms with E-state index in [1.165, 1.54) is 7.11 Å². The van der Waals surface area contributed by atoms with Crippen LogP contribution in [0.15, 0.2) is 30.3 Å². The van der Waals surface area contributed by atoms with Crippen LogP contribution in [0.25, 0.3) is 0 Å². The van der Waals surface area contributed by atoms with Gasteiger partial charge in [0.05, 0.1) is 7.11 Å². The lowest BCUT2D eigenvalue weighted by molar-refractivity contribution is -0.124. The number of ketones is 2. The standard InChI is InChI=1S/C23H26N2O4/c1-13-10-14(2)20(15(3)11-13)21-18(26)12-16(22(21)27)8-9-24-23(28)17-6-5-7-19(25-17)29-4/h5-7,10-11,16,21H,8-9,12H2,1-4H3,(H,24,28). The summed E-state index contributed by atoms with van der Waals surface area (Å²) in [5.74, 6) is -1.10. The molecule has 1 fully saturated rings. The van der Waals surface area contributed by atoms with E-state index in [0.29, 0.717) is 18.8 Å². The molecule has 3 rings (SSSR count). The quantitative estimate of drug-likeness (QED) is 0.761. The second-order valence-electron chi connectivity index (χ2n) is 7.62. The molecule has 152 valence electrons. The third-order valence-electron chi connectivity index (χ3n) is 5.43. The van der Waals surface area contributed by atoms with Gasteiger partial charge in [-0.2, -0.15) is 0 Å². The number of rotatable bonds is 6. The molecule has 0 spiro atoms. The maximum absolute atomic E-state index is 13.0. The first kappa shape index (κ1) is 20.7. The van der Waals surface area contributed by atoms with Gasteiger partial charge in [-0.15, -0.1) is 0 Å². The zero-order valence-electron chi connectivity index (χ0n) is 17.2. The monoisotopic (exact) mass is 394 g/mol. The molecule has 1 heterocycles. The lowest BCUT2D eigenvalue weighted by atomic mass is 9.86. The molecule has 2 unspecified atom stereocenters. The van der Waals surface area contributed by atoms with E-state index in [9.17, 15) is 14.4 Å². The molecule has 0 saturated heterocycles. The summed E-state index contributed by atoms with van der Waals surface area (Å²) in [7, 11) is 1.49. The Bertz CT molecular complexity index is 944. The Morgan fingerprint density at radius 2 is 1.86 bits per heavy atom. The Hall–Kier alpha value is -3.02. The second-order valence-corrected chi connectivity index (χ2v) is 7.62. The van der Waals surface area contributed by atoms with Crippen molar-refractivity contribution in [2.45, 2.75) is 39.5 Å². The fourth-order valence-corrected chi connectivity index (χ4v) is 4.16. The Morgan fingerprint density at radius 1 is 1.17 bits per heavy atom. The fourth-order valence-electron chi connectivity index (χ4n) is 4.16. The van der Waals surface area contributed by atoms with Gasteiger partial charge in [-0.25, -0.2) is 4.98 Å². The summed E-state index contributed by atoms with van der Waals surface area (Å²) in [5, 5.41) is 2.78. The second kappa shape index (κ2) is 8.55. The van der Waals surface area contributed by atoms with Gasteiger partial charge in [-0.05, 0) is 49.9 Å². The normalized spacial score (nSPS) is 18.8. The van der Waals surface area contributed by atoms with E-state index < -0.39 is 5.92 Å². The van der Waals surface area contributed by atoms with E-state index in [4.69, 9.17) is 4.74 Å². The zero-order valence-corrected chi connectivity index (χ0v) is 17.2. The lowest BCUT2D eigenvalue weighted by Crippen LogP contribution is -2.28. The average molecular weight is 394 g/mol. The summed E-state index contributed by atoms with van der Waals surface area (Å²) in [6, 6.07) is 8.97. The van der Waals surface area contributed by atoms with Crippen molar-refractivity contribution in [2.75, 3.05) is 13.7 Å². The first-order valence-corrected chi connectivity index (χ1v) is 9.75. The van der Waals surface area contributed by atoms with Gasteiger partial charge in [0.25, 0.3) is 5.91 Å². The Morgan fingerprint density at radius 3 is 2.52 bits per heavy atom. The number of carbonyl (C=O) groups excluding carboxylic acids is 3. The molecule has 1 saturated carbocycles. The first-order valence-electron chi connectivity index (χ1n) is 9.75. The number of methoxy groups -OCH3 is 1. The molecule has 1 aromatic heterocycles. The van der Waals surface area contributed by atoms with Crippen LogP contribution in [0, 0.1) is 26.7 Å². The zero-order chi connectivity index (χ0) is 21.1. The molecule has 2 atom stereocenters. The van der Waals surface area contributed by atoms with Crippen molar-refractivity contribution in [3.8, 4) is 5.88 Å². The SMILES string of the molecule is COc1cccc(C(=O)NCCC2CC(=O)C(c3c(C)cc(C)cc3C)C2=O)n1. The van der Waals surface area contributed by atoms with Crippen LogP contribution in [0.5, 0.6) is 5.88 Å². The number of ether oxygens (including phenoxy) is 1. The minimum atomic E-state index is -0.684. The predicted molar refractivity (Wildman–Crippen MR) is 109 cm³/mol. The van der Waals surface area contributed by atoms with E-state index >= 15 is 0 Å². The highest BCUT2D eigenvalue weighted by molar-refractivity contribution is 6.15. The number of benzene rings is 1. The van der Waals surface area contributed by atoms with Crippen molar-refractivity contribution >= 4 is 17.5 Å². The molecule has 1 aliphatic carbocycles. The minimum absolute atomic E-state index is 0.0316. The van der Waals surface area contributed by atoms with E-state index in [1.807, 2.05) is 32.9 Å². The van der Waals surface area contributed by atoms with E-state index in [1.54, 1.807) is 18.2 Å². The molecule has 1 aromatic carbocycles. The summed E-state index contributed by atoms with van der Waals surface area (Å²) in [6.07, 6.45) is 0.657. The van der Waals surface area contributed by atoms with Gasteiger partial charge in [-0.1, -0.05) is 23.8 Å². The maximum Gasteiger partial charge on any atom is 0.270 e. The summed E-state index contributed by atoms with van der Waals surface area (Å²) in [5.41, 5.74) is 4.17. The number of hydrogen-bond acceptors (Lipinski definition) is 5. The molecule has 1 aliphatic rings. The average Bonchev–Trinajstić information content (AvgIpc) is 2.95. The number of nitrogens with one attached hydrogen (secondary N) is 1. The van der Waals surface area contributed by atoms with Crippen LogP contribution in [0.4, 0.5) is 0 Å². The topological polar surface area (TPSA) is 85.4 Å². The van der Waals surface area contributed by atoms with Crippen molar-refractivity contribution in [2.24, 2.45) is 5.92 Å².